The fraction of sp³-hybridized carbons (Fsp3) is 0.429. The Hall–Kier alpha value is -2.04. The van der Waals surface area contributed by atoms with E-state index in [-0.39, 0.29) is 17.7 Å². The third kappa shape index (κ3) is 3.47. The molecule has 0 radical (unpaired) electrons. The van der Waals surface area contributed by atoms with Crippen LogP contribution < -0.4 is 15.5 Å². The molecule has 0 spiro atoms. The maximum atomic E-state index is 11.8. The van der Waals surface area contributed by atoms with Gasteiger partial charge in [0, 0.05) is 39.3 Å². The van der Waals surface area contributed by atoms with Crippen LogP contribution >= 0.6 is 0 Å². The van der Waals surface area contributed by atoms with Gasteiger partial charge in [0.15, 0.2) is 0 Å². The Balaban J connectivity index is 1.85. The van der Waals surface area contributed by atoms with E-state index in [0.717, 1.165) is 11.3 Å². The molecule has 19 heavy (non-hydrogen) atoms. The second kappa shape index (κ2) is 5.73. The molecule has 2 amide bonds. The van der Waals surface area contributed by atoms with Crippen molar-refractivity contribution in [1.82, 2.24) is 10.6 Å². The second-order valence-electron chi connectivity index (χ2n) is 4.98. The summed E-state index contributed by atoms with van der Waals surface area (Å²) >= 11 is 0. The molecule has 1 heterocycles. The number of benzene rings is 1. The van der Waals surface area contributed by atoms with Crippen LogP contribution in [0.1, 0.15) is 12.0 Å². The van der Waals surface area contributed by atoms with Gasteiger partial charge in [0.2, 0.25) is 11.8 Å². The zero-order valence-electron chi connectivity index (χ0n) is 11.3. The Kier molecular flexibility index (Phi) is 4.04. The fourth-order valence-electron chi connectivity index (χ4n) is 2.04. The summed E-state index contributed by atoms with van der Waals surface area (Å²) in [5, 5.41) is 5.53. The molecule has 5 heteroatoms. The summed E-state index contributed by atoms with van der Waals surface area (Å²) in [6, 6.07) is 8.02. The van der Waals surface area contributed by atoms with Crippen LogP contribution in [0.2, 0.25) is 0 Å². The van der Waals surface area contributed by atoms with E-state index in [0.29, 0.717) is 19.5 Å². The zero-order valence-corrected chi connectivity index (χ0v) is 11.3. The lowest BCUT2D eigenvalue weighted by Crippen LogP contribution is -2.31. The lowest BCUT2D eigenvalue weighted by Gasteiger charge is -2.13. The van der Waals surface area contributed by atoms with Gasteiger partial charge in [0.25, 0.3) is 0 Å². The van der Waals surface area contributed by atoms with Gasteiger partial charge in [-0.05, 0) is 17.7 Å². The maximum Gasteiger partial charge on any atom is 0.225 e. The van der Waals surface area contributed by atoms with Gasteiger partial charge >= 0.3 is 0 Å². The van der Waals surface area contributed by atoms with Crippen molar-refractivity contribution in [1.29, 1.82) is 0 Å². The summed E-state index contributed by atoms with van der Waals surface area (Å²) in [7, 11) is 3.97. The molecule has 1 saturated heterocycles. The second-order valence-corrected chi connectivity index (χ2v) is 4.98. The molecule has 1 atom stereocenters. The molecular weight excluding hydrogens is 242 g/mol. The lowest BCUT2D eigenvalue weighted by molar-refractivity contribution is -0.126. The number of carbonyl (C=O) groups excluding carboxylic acids is 2. The maximum absolute atomic E-state index is 11.8. The number of carbonyl (C=O) groups is 2. The summed E-state index contributed by atoms with van der Waals surface area (Å²) < 4.78 is 0. The fourth-order valence-corrected chi connectivity index (χ4v) is 2.04. The summed E-state index contributed by atoms with van der Waals surface area (Å²) in [5.41, 5.74) is 2.18. The highest BCUT2D eigenvalue weighted by Crippen LogP contribution is 2.13. The largest absolute Gasteiger partial charge is 0.378 e. The number of hydrogen-bond acceptors (Lipinski definition) is 3. The number of anilines is 1. The van der Waals surface area contributed by atoms with Crippen LogP contribution in [0.5, 0.6) is 0 Å². The van der Waals surface area contributed by atoms with Crippen molar-refractivity contribution in [2.45, 2.75) is 13.0 Å². The Bertz CT molecular complexity index is 468. The van der Waals surface area contributed by atoms with Crippen molar-refractivity contribution in [3.05, 3.63) is 29.8 Å². The first-order valence-corrected chi connectivity index (χ1v) is 6.37. The molecule has 102 valence electrons. The molecule has 1 aliphatic rings. The van der Waals surface area contributed by atoms with Gasteiger partial charge in [0.05, 0.1) is 5.92 Å². The van der Waals surface area contributed by atoms with Crippen LogP contribution in [0.25, 0.3) is 0 Å². The molecule has 1 aromatic rings. The monoisotopic (exact) mass is 261 g/mol. The normalized spacial score (nSPS) is 18.0. The Labute approximate surface area is 113 Å². The molecule has 2 N–H and O–H groups in total. The Morgan fingerprint density at radius 1 is 1.37 bits per heavy atom. The molecule has 1 aromatic carbocycles. The van der Waals surface area contributed by atoms with Crippen molar-refractivity contribution in [2.75, 3.05) is 25.5 Å². The van der Waals surface area contributed by atoms with Crippen LogP contribution in [0, 0.1) is 5.92 Å². The summed E-state index contributed by atoms with van der Waals surface area (Å²) in [6.45, 7) is 0.946. The van der Waals surface area contributed by atoms with Gasteiger partial charge in [-0.2, -0.15) is 0 Å². The van der Waals surface area contributed by atoms with Crippen LogP contribution in [0.4, 0.5) is 5.69 Å². The number of amides is 2. The highest BCUT2D eigenvalue weighted by Gasteiger charge is 2.27. The molecule has 2 rings (SSSR count). The van der Waals surface area contributed by atoms with Gasteiger partial charge < -0.3 is 15.5 Å². The first-order valence-electron chi connectivity index (χ1n) is 6.37. The highest BCUT2D eigenvalue weighted by molar-refractivity contribution is 5.89. The SMILES string of the molecule is CN(C)c1ccc(CNC(=O)C2CNC(=O)C2)cc1. The quantitative estimate of drug-likeness (QED) is 0.830. The number of hydrogen-bond donors (Lipinski definition) is 2. The highest BCUT2D eigenvalue weighted by atomic mass is 16.2. The smallest absolute Gasteiger partial charge is 0.225 e. The molecule has 1 fully saturated rings. The van der Waals surface area contributed by atoms with Gasteiger partial charge in [0.1, 0.15) is 0 Å². The van der Waals surface area contributed by atoms with E-state index in [1.54, 1.807) is 0 Å². The van der Waals surface area contributed by atoms with Gasteiger partial charge in [-0.1, -0.05) is 12.1 Å². The predicted molar refractivity (Wildman–Crippen MR) is 73.7 cm³/mol. The predicted octanol–water partition coefficient (Wildman–Crippen LogP) is 0.505. The molecule has 5 nitrogen and oxygen atoms in total. The average Bonchev–Trinajstić information content (AvgIpc) is 2.83. The van der Waals surface area contributed by atoms with Crippen LogP contribution in [0.3, 0.4) is 0 Å². The molecular formula is C14H19N3O2. The first kappa shape index (κ1) is 13.4. The minimum absolute atomic E-state index is 0.0458. The van der Waals surface area contributed by atoms with E-state index < -0.39 is 0 Å². The zero-order chi connectivity index (χ0) is 13.8. The molecule has 0 aliphatic carbocycles. The van der Waals surface area contributed by atoms with Crippen molar-refractivity contribution in [2.24, 2.45) is 5.92 Å². The Morgan fingerprint density at radius 2 is 2.05 bits per heavy atom. The molecule has 1 aliphatic heterocycles. The minimum Gasteiger partial charge on any atom is -0.378 e. The molecule has 1 unspecified atom stereocenters. The standard InChI is InChI=1S/C14H19N3O2/c1-17(2)12-5-3-10(4-6-12)8-16-14(19)11-7-13(18)15-9-11/h3-6,11H,7-9H2,1-2H3,(H,15,18)(H,16,19). The van der Waals surface area contributed by atoms with E-state index in [9.17, 15) is 9.59 Å². The average molecular weight is 261 g/mol. The van der Waals surface area contributed by atoms with Crippen molar-refractivity contribution < 1.29 is 9.59 Å². The topological polar surface area (TPSA) is 61.4 Å². The number of nitrogens with one attached hydrogen (secondary N) is 2. The Morgan fingerprint density at radius 3 is 2.58 bits per heavy atom. The van der Waals surface area contributed by atoms with Crippen LogP contribution in [-0.2, 0) is 16.1 Å². The van der Waals surface area contributed by atoms with Crippen molar-refractivity contribution in [3.8, 4) is 0 Å². The van der Waals surface area contributed by atoms with Gasteiger partial charge in [-0.25, -0.2) is 0 Å². The summed E-state index contributed by atoms with van der Waals surface area (Å²) in [5.74, 6) is -0.334. The van der Waals surface area contributed by atoms with Crippen LogP contribution in [-0.4, -0.2) is 32.5 Å². The first-order chi connectivity index (χ1) is 9.06. The van der Waals surface area contributed by atoms with Crippen LogP contribution in [0.15, 0.2) is 24.3 Å². The van der Waals surface area contributed by atoms with E-state index in [1.807, 2.05) is 43.3 Å². The van der Waals surface area contributed by atoms with E-state index in [1.165, 1.54) is 0 Å². The van der Waals surface area contributed by atoms with Crippen molar-refractivity contribution >= 4 is 17.5 Å². The van der Waals surface area contributed by atoms with Crippen molar-refractivity contribution in [3.63, 3.8) is 0 Å². The van der Waals surface area contributed by atoms with E-state index in [4.69, 9.17) is 0 Å². The molecule has 0 saturated carbocycles. The molecule has 0 bridgehead atoms. The van der Waals surface area contributed by atoms with Gasteiger partial charge in [-0.3, -0.25) is 9.59 Å². The number of rotatable bonds is 4. The molecule has 0 aromatic heterocycles. The number of nitrogens with zero attached hydrogens (tertiary/aromatic N) is 1. The van der Waals surface area contributed by atoms with E-state index in [2.05, 4.69) is 10.6 Å². The van der Waals surface area contributed by atoms with E-state index >= 15 is 0 Å². The lowest BCUT2D eigenvalue weighted by atomic mass is 10.1. The summed E-state index contributed by atoms with van der Waals surface area (Å²) in [4.78, 5) is 24.9. The minimum atomic E-state index is -0.228. The summed E-state index contributed by atoms with van der Waals surface area (Å²) in [6.07, 6.45) is 0.297. The third-order valence-corrected chi connectivity index (χ3v) is 3.27. The van der Waals surface area contributed by atoms with Gasteiger partial charge in [-0.15, -0.1) is 0 Å². The third-order valence-electron chi connectivity index (χ3n) is 3.27.